The number of carbonyl (C=O) groups excluding carboxylic acids is 1. The molecule has 0 spiro atoms. The first-order valence-electron chi connectivity index (χ1n) is 10.2. The Balaban J connectivity index is 1.74. The number of methoxy groups -OCH3 is 3. The molecule has 0 bridgehead atoms. The van der Waals surface area contributed by atoms with Gasteiger partial charge >= 0.3 is 0 Å². The van der Waals surface area contributed by atoms with Crippen LogP contribution in [0.4, 0.5) is 0 Å². The van der Waals surface area contributed by atoms with Crippen LogP contribution in [0.1, 0.15) is 35.8 Å². The van der Waals surface area contributed by atoms with Gasteiger partial charge in [0, 0.05) is 31.5 Å². The van der Waals surface area contributed by atoms with Crippen LogP contribution in [0.3, 0.4) is 0 Å². The van der Waals surface area contributed by atoms with Crippen molar-refractivity contribution in [2.45, 2.75) is 44.4 Å². The minimum Gasteiger partial charge on any atom is -0.497 e. The lowest BCUT2D eigenvalue weighted by Gasteiger charge is -2.26. The first kappa shape index (κ1) is 22.5. The van der Waals surface area contributed by atoms with Gasteiger partial charge in [0.2, 0.25) is 5.91 Å². The van der Waals surface area contributed by atoms with Crippen LogP contribution in [0.5, 0.6) is 11.5 Å². The first-order chi connectivity index (χ1) is 14.5. The molecule has 0 saturated carbocycles. The summed E-state index contributed by atoms with van der Waals surface area (Å²) in [7, 11) is 5.00. The largest absolute Gasteiger partial charge is 0.497 e. The molecule has 1 fully saturated rings. The van der Waals surface area contributed by atoms with E-state index < -0.39 is 0 Å². The van der Waals surface area contributed by atoms with Gasteiger partial charge in [0.15, 0.2) is 5.16 Å². The lowest BCUT2D eigenvalue weighted by molar-refractivity contribution is -0.129. The normalized spacial score (nSPS) is 16.2. The van der Waals surface area contributed by atoms with Gasteiger partial charge in [-0.1, -0.05) is 11.8 Å². The Labute approximate surface area is 182 Å². The fourth-order valence-electron chi connectivity index (χ4n) is 3.88. The van der Waals surface area contributed by atoms with Crippen LogP contribution in [-0.2, 0) is 16.1 Å². The zero-order valence-electron chi connectivity index (χ0n) is 18.4. The summed E-state index contributed by atoms with van der Waals surface area (Å²) in [5.41, 5.74) is 3.10. The summed E-state index contributed by atoms with van der Waals surface area (Å²) in [5.74, 6) is 2.02. The van der Waals surface area contributed by atoms with E-state index in [1.165, 1.54) is 11.8 Å². The van der Waals surface area contributed by atoms with Crippen molar-refractivity contribution in [1.29, 1.82) is 0 Å². The van der Waals surface area contributed by atoms with Crippen LogP contribution in [0.25, 0.3) is 0 Å². The van der Waals surface area contributed by atoms with Crippen LogP contribution >= 0.6 is 11.8 Å². The average molecular weight is 434 g/mol. The van der Waals surface area contributed by atoms with Gasteiger partial charge in [-0.15, -0.1) is 0 Å². The number of hydrogen-bond donors (Lipinski definition) is 0. The number of imidazole rings is 1. The van der Waals surface area contributed by atoms with Crippen molar-refractivity contribution in [1.82, 2.24) is 14.5 Å². The van der Waals surface area contributed by atoms with E-state index in [9.17, 15) is 4.79 Å². The van der Waals surface area contributed by atoms with Gasteiger partial charge in [0.1, 0.15) is 11.5 Å². The Kier molecular flexibility index (Phi) is 7.66. The molecule has 1 atom stereocenters. The number of hydrogen-bond acceptors (Lipinski definition) is 6. The number of nitrogens with zero attached hydrogens (tertiary/aromatic N) is 3. The minimum atomic E-state index is -0.000131. The number of thioether (sulfide) groups is 1. The van der Waals surface area contributed by atoms with Crippen molar-refractivity contribution >= 4 is 17.7 Å². The smallest absolute Gasteiger partial charge is 0.233 e. The van der Waals surface area contributed by atoms with Gasteiger partial charge in [-0.3, -0.25) is 4.79 Å². The second-order valence-electron chi connectivity index (χ2n) is 7.35. The Bertz CT molecular complexity index is 884. The third kappa shape index (κ3) is 4.75. The average Bonchev–Trinajstić information content (AvgIpc) is 3.35. The summed E-state index contributed by atoms with van der Waals surface area (Å²) >= 11 is 1.49. The monoisotopic (exact) mass is 433 g/mol. The van der Waals surface area contributed by atoms with Gasteiger partial charge in [0.25, 0.3) is 0 Å². The Morgan fingerprint density at radius 1 is 1.23 bits per heavy atom. The molecule has 7 nitrogen and oxygen atoms in total. The summed E-state index contributed by atoms with van der Waals surface area (Å²) < 4.78 is 18.3. The van der Waals surface area contributed by atoms with Crippen molar-refractivity contribution in [3.05, 3.63) is 35.2 Å². The maximum atomic E-state index is 13.1. The standard InChI is InChI=1S/C22H31N3O4S/c1-15-16(2)24(11-12-27-3)22(23-15)30-14-21(26)25-10-6-7-19(25)18-13-17(28-4)8-9-20(18)29-5/h8-9,13,19H,6-7,10-12,14H2,1-5H3. The van der Waals surface area contributed by atoms with Gasteiger partial charge in [0.05, 0.1) is 38.3 Å². The topological polar surface area (TPSA) is 65.8 Å². The molecule has 0 N–H and O–H groups in total. The third-order valence-corrected chi connectivity index (χ3v) is 6.60. The lowest BCUT2D eigenvalue weighted by atomic mass is 10.0. The van der Waals surface area contributed by atoms with E-state index in [-0.39, 0.29) is 11.9 Å². The van der Waals surface area contributed by atoms with E-state index in [0.717, 1.165) is 59.5 Å². The number of rotatable bonds is 9. The summed E-state index contributed by atoms with van der Waals surface area (Å²) in [5, 5.41) is 0.866. The molecule has 1 unspecified atom stereocenters. The number of carbonyl (C=O) groups is 1. The van der Waals surface area contributed by atoms with Crippen LogP contribution < -0.4 is 9.47 Å². The predicted molar refractivity (Wildman–Crippen MR) is 118 cm³/mol. The molecular formula is C22H31N3O4S. The zero-order chi connectivity index (χ0) is 21.7. The Morgan fingerprint density at radius 2 is 2.03 bits per heavy atom. The molecular weight excluding hydrogens is 402 g/mol. The van der Waals surface area contributed by atoms with Crippen LogP contribution in [0, 0.1) is 13.8 Å². The number of aryl methyl sites for hydroxylation is 1. The maximum absolute atomic E-state index is 13.1. The highest BCUT2D eigenvalue weighted by Gasteiger charge is 2.32. The predicted octanol–water partition coefficient (Wildman–Crippen LogP) is 3.62. The molecule has 1 aromatic carbocycles. The molecule has 2 heterocycles. The van der Waals surface area contributed by atoms with Crippen LogP contribution in [0.2, 0.25) is 0 Å². The van der Waals surface area contributed by atoms with Gasteiger partial charge in [-0.05, 0) is 44.9 Å². The number of likely N-dealkylation sites (tertiary alicyclic amines) is 1. The maximum Gasteiger partial charge on any atom is 0.233 e. The van der Waals surface area contributed by atoms with Crippen molar-refractivity contribution < 1.29 is 19.0 Å². The summed E-state index contributed by atoms with van der Waals surface area (Å²) in [6.45, 7) is 6.14. The van der Waals surface area contributed by atoms with Gasteiger partial charge in [-0.25, -0.2) is 4.98 Å². The molecule has 1 aliphatic rings. The van der Waals surface area contributed by atoms with Crippen molar-refractivity contribution in [3.63, 3.8) is 0 Å². The molecule has 164 valence electrons. The Morgan fingerprint density at radius 3 is 2.73 bits per heavy atom. The summed E-state index contributed by atoms with van der Waals surface area (Å²) in [4.78, 5) is 19.8. The molecule has 3 rings (SSSR count). The van der Waals surface area contributed by atoms with E-state index in [2.05, 4.69) is 16.5 Å². The molecule has 1 amide bonds. The molecule has 1 aliphatic heterocycles. The molecule has 0 radical (unpaired) electrons. The fourth-order valence-corrected chi connectivity index (χ4v) is 4.88. The molecule has 30 heavy (non-hydrogen) atoms. The van der Waals surface area contributed by atoms with Crippen LogP contribution in [-0.4, -0.2) is 60.6 Å². The number of ether oxygens (including phenoxy) is 3. The van der Waals surface area contributed by atoms with Gasteiger partial charge < -0.3 is 23.7 Å². The highest BCUT2D eigenvalue weighted by Crippen LogP contribution is 2.39. The van der Waals surface area contributed by atoms with E-state index >= 15 is 0 Å². The third-order valence-electron chi connectivity index (χ3n) is 5.64. The van der Waals surface area contributed by atoms with Crippen molar-refractivity contribution in [2.24, 2.45) is 0 Å². The highest BCUT2D eigenvalue weighted by atomic mass is 32.2. The number of amides is 1. The fraction of sp³-hybridized carbons (Fsp3) is 0.545. The van der Waals surface area contributed by atoms with E-state index in [1.807, 2.05) is 30.0 Å². The summed E-state index contributed by atoms with van der Waals surface area (Å²) in [6.07, 6.45) is 1.89. The Hall–Kier alpha value is -2.19. The highest BCUT2D eigenvalue weighted by molar-refractivity contribution is 7.99. The van der Waals surface area contributed by atoms with E-state index in [1.54, 1.807) is 21.3 Å². The van der Waals surface area contributed by atoms with Crippen LogP contribution in [0.15, 0.2) is 23.4 Å². The molecule has 1 aromatic heterocycles. The SMILES string of the molecule is COCCn1c(SCC(=O)N2CCCC2c2cc(OC)ccc2OC)nc(C)c1C. The lowest BCUT2D eigenvalue weighted by Crippen LogP contribution is -2.32. The zero-order valence-corrected chi connectivity index (χ0v) is 19.3. The summed E-state index contributed by atoms with van der Waals surface area (Å²) in [6, 6.07) is 5.76. The number of benzene rings is 1. The molecule has 2 aromatic rings. The first-order valence-corrected chi connectivity index (χ1v) is 11.2. The molecule has 8 heteroatoms. The van der Waals surface area contributed by atoms with Crippen molar-refractivity contribution in [3.8, 4) is 11.5 Å². The van der Waals surface area contributed by atoms with Gasteiger partial charge in [-0.2, -0.15) is 0 Å². The number of aromatic nitrogens is 2. The second kappa shape index (κ2) is 10.2. The molecule has 1 saturated heterocycles. The van der Waals surface area contributed by atoms with E-state index in [4.69, 9.17) is 14.2 Å². The van der Waals surface area contributed by atoms with Crippen molar-refractivity contribution in [2.75, 3.05) is 40.2 Å². The second-order valence-corrected chi connectivity index (χ2v) is 8.29. The minimum absolute atomic E-state index is 0.000131. The quantitative estimate of drug-likeness (QED) is 0.563. The molecule has 0 aliphatic carbocycles. The van der Waals surface area contributed by atoms with E-state index in [0.29, 0.717) is 12.4 Å².